The molecule has 1 atom stereocenters. The van der Waals surface area contributed by atoms with Crippen LogP contribution in [0.5, 0.6) is 0 Å². The molecule has 1 unspecified atom stereocenters. The van der Waals surface area contributed by atoms with Crippen LogP contribution in [0.25, 0.3) is 0 Å². The van der Waals surface area contributed by atoms with Crippen LogP contribution in [0.3, 0.4) is 0 Å². The van der Waals surface area contributed by atoms with Gasteiger partial charge in [0.15, 0.2) is 15.7 Å². The molecule has 2 heterocycles. The summed E-state index contributed by atoms with van der Waals surface area (Å²) < 4.78 is 23.8. The van der Waals surface area contributed by atoms with E-state index in [4.69, 9.17) is 18.0 Å². The molecule has 6 nitrogen and oxygen atoms in total. The Balaban J connectivity index is 2.46. The van der Waals surface area contributed by atoms with Crippen molar-refractivity contribution >= 4 is 44.6 Å². The zero-order chi connectivity index (χ0) is 14.0. The smallest absolute Gasteiger partial charge is 0.169 e. The van der Waals surface area contributed by atoms with E-state index in [-0.39, 0.29) is 4.99 Å². The van der Waals surface area contributed by atoms with Gasteiger partial charge >= 0.3 is 0 Å². The largest absolute Gasteiger partial charge is 0.388 e. The second-order valence-electron chi connectivity index (χ2n) is 4.15. The van der Waals surface area contributed by atoms with Crippen LogP contribution in [0.4, 0.5) is 5.82 Å². The molecule has 1 aliphatic heterocycles. The van der Waals surface area contributed by atoms with Gasteiger partial charge in [0.05, 0.1) is 0 Å². The zero-order valence-electron chi connectivity index (χ0n) is 10.3. The van der Waals surface area contributed by atoms with Crippen LogP contribution in [0.2, 0.25) is 0 Å². The van der Waals surface area contributed by atoms with Crippen LogP contribution < -0.4 is 10.6 Å². The number of hydrogen-bond acceptors (Lipinski definition) is 7. The minimum absolute atomic E-state index is 0.119. The van der Waals surface area contributed by atoms with Crippen molar-refractivity contribution in [3.8, 4) is 0 Å². The van der Waals surface area contributed by atoms with Crippen LogP contribution in [-0.2, 0) is 9.84 Å². The third-order valence-corrected chi connectivity index (χ3v) is 5.60. The molecule has 2 rings (SSSR count). The number of nitrogens with two attached hydrogens (primary N) is 1. The fourth-order valence-electron chi connectivity index (χ4n) is 1.89. The molecule has 1 aliphatic rings. The maximum Gasteiger partial charge on any atom is 0.169 e. The molecule has 1 aromatic rings. The predicted molar refractivity (Wildman–Crippen MR) is 81.2 cm³/mol. The lowest BCUT2D eigenvalue weighted by atomic mass is 10.3. The first-order valence-corrected chi connectivity index (χ1v) is 9.07. The Morgan fingerprint density at radius 1 is 1.53 bits per heavy atom. The fraction of sp³-hybridized carbons (Fsp3) is 0.500. The first-order chi connectivity index (χ1) is 8.91. The van der Waals surface area contributed by atoms with E-state index in [1.54, 1.807) is 16.7 Å². The summed E-state index contributed by atoms with van der Waals surface area (Å²) in [7, 11) is -3.21. The van der Waals surface area contributed by atoms with Gasteiger partial charge in [0, 0.05) is 36.7 Å². The van der Waals surface area contributed by atoms with Gasteiger partial charge in [-0.2, -0.15) is 11.8 Å². The van der Waals surface area contributed by atoms with Crippen molar-refractivity contribution in [1.82, 2.24) is 9.97 Å². The molecule has 0 amide bonds. The molecule has 1 aromatic heterocycles. The number of rotatable bonds is 3. The van der Waals surface area contributed by atoms with Crippen LogP contribution in [-0.4, -0.2) is 53.1 Å². The van der Waals surface area contributed by atoms with Gasteiger partial charge in [-0.1, -0.05) is 12.2 Å². The van der Waals surface area contributed by atoms with Gasteiger partial charge in [0.1, 0.15) is 16.1 Å². The number of hydrogen-bond donors (Lipinski definition) is 1. The molecule has 0 aliphatic carbocycles. The molecule has 1 fully saturated rings. The van der Waals surface area contributed by atoms with Gasteiger partial charge < -0.3 is 10.6 Å². The van der Waals surface area contributed by atoms with Crippen molar-refractivity contribution in [3.63, 3.8) is 0 Å². The average Bonchev–Trinajstić information content (AvgIpc) is 2.37. The Morgan fingerprint density at radius 3 is 2.84 bits per heavy atom. The van der Waals surface area contributed by atoms with Gasteiger partial charge in [-0.15, -0.1) is 0 Å². The predicted octanol–water partition coefficient (Wildman–Crippen LogP) is 0.0347. The van der Waals surface area contributed by atoms with E-state index in [1.165, 1.54) is 18.6 Å². The standard InChI is InChI=1S/C10H14N4O2S3/c1-19(15,16)7-6-18-5-4-14(7)10-8(9(11)17)12-2-3-13-10/h2-3,7H,4-6H2,1H3,(H2,11,17). The van der Waals surface area contributed by atoms with Gasteiger partial charge in [-0.05, 0) is 0 Å². The molecule has 2 N–H and O–H groups in total. The lowest BCUT2D eigenvalue weighted by Gasteiger charge is -2.35. The van der Waals surface area contributed by atoms with Crippen LogP contribution in [0.1, 0.15) is 5.69 Å². The van der Waals surface area contributed by atoms with E-state index in [0.717, 1.165) is 5.75 Å². The Hall–Kier alpha value is -0.930. The molecular weight excluding hydrogens is 304 g/mol. The van der Waals surface area contributed by atoms with E-state index < -0.39 is 15.2 Å². The maximum absolute atomic E-state index is 11.9. The molecule has 0 saturated carbocycles. The average molecular weight is 318 g/mol. The highest BCUT2D eigenvalue weighted by Gasteiger charge is 2.33. The molecule has 9 heteroatoms. The zero-order valence-corrected chi connectivity index (χ0v) is 12.8. The summed E-state index contributed by atoms with van der Waals surface area (Å²) in [5, 5.41) is -0.615. The molecule has 0 radical (unpaired) electrons. The van der Waals surface area contributed by atoms with E-state index in [2.05, 4.69) is 9.97 Å². The molecule has 0 spiro atoms. The lowest BCUT2D eigenvalue weighted by Crippen LogP contribution is -2.48. The number of thiocarbonyl (C=S) groups is 1. The molecule has 0 aromatic carbocycles. The topological polar surface area (TPSA) is 89.2 Å². The monoisotopic (exact) mass is 318 g/mol. The SMILES string of the molecule is CS(=O)(=O)C1CSCCN1c1nccnc1C(N)=S. The molecule has 19 heavy (non-hydrogen) atoms. The van der Waals surface area contributed by atoms with Crippen LogP contribution in [0, 0.1) is 0 Å². The van der Waals surface area contributed by atoms with E-state index >= 15 is 0 Å². The van der Waals surface area contributed by atoms with Gasteiger partial charge in [-0.25, -0.2) is 18.4 Å². The number of aromatic nitrogens is 2. The summed E-state index contributed by atoms with van der Waals surface area (Å²) in [5.74, 6) is 1.79. The van der Waals surface area contributed by atoms with Crippen molar-refractivity contribution in [1.29, 1.82) is 0 Å². The first kappa shape index (κ1) is 14.5. The fourth-order valence-corrected chi connectivity index (χ4v) is 4.86. The van der Waals surface area contributed by atoms with Crippen molar-refractivity contribution in [3.05, 3.63) is 18.1 Å². The number of nitrogens with zero attached hydrogens (tertiary/aromatic N) is 3. The highest BCUT2D eigenvalue weighted by molar-refractivity contribution is 8.01. The first-order valence-electron chi connectivity index (χ1n) is 5.55. The minimum Gasteiger partial charge on any atom is -0.388 e. The van der Waals surface area contributed by atoms with Gasteiger partial charge in [-0.3, -0.25) is 0 Å². The van der Waals surface area contributed by atoms with Crippen molar-refractivity contribution in [2.24, 2.45) is 5.73 Å². The summed E-state index contributed by atoms with van der Waals surface area (Å²) in [4.78, 5) is 10.2. The van der Waals surface area contributed by atoms with Gasteiger partial charge in [0.2, 0.25) is 0 Å². The quantitative estimate of drug-likeness (QED) is 0.781. The van der Waals surface area contributed by atoms with Crippen molar-refractivity contribution in [2.75, 3.05) is 29.2 Å². The lowest BCUT2D eigenvalue weighted by molar-refractivity contribution is 0.583. The third kappa shape index (κ3) is 3.15. The van der Waals surface area contributed by atoms with E-state index in [9.17, 15) is 8.42 Å². The van der Waals surface area contributed by atoms with E-state index in [1.807, 2.05) is 0 Å². The number of sulfone groups is 1. The number of anilines is 1. The summed E-state index contributed by atoms with van der Waals surface area (Å²) in [5.41, 5.74) is 6.00. The Bertz CT molecular complexity index is 590. The summed E-state index contributed by atoms with van der Waals surface area (Å²) in [6.45, 7) is 0.580. The number of thioether (sulfide) groups is 1. The molecule has 1 saturated heterocycles. The normalized spacial score (nSPS) is 20.3. The summed E-state index contributed by atoms with van der Waals surface area (Å²) >= 11 is 6.55. The second kappa shape index (κ2) is 5.59. The highest BCUT2D eigenvalue weighted by Crippen LogP contribution is 2.26. The van der Waals surface area contributed by atoms with Crippen LogP contribution >= 0.6 is 24.0 Å². The Labute approximate surface area is 121 Å². The van der Waals surface area contributed by atoms with Crippen molar-refractivity contribution in [2.45, 2.75) is 5.37 Å². The molecule has 104 valence electrons. The minimum atomic E-state index is -3.21. The molecular formula is C10H14N4O2S3. The van der Waals surface area contributed by atoms with E-state index in [0.29, 0.717) is 23.8 Å². The van der Waals surface area contributed by atoms with Gasteiger partial charge in [0.25, 0.3) is 0 Å². The molecule has 0 bridgehead atoms. The highest BCUT2D eigenvalue weighted by atomic mass is 32.2. The second-order valence-corrected chi connectivity index (χ2v) is 7.94. The summed E-state index contributed by atoms with van der Waals surface area (Å²) in [6, 6.07) is 0. The Morgan fingerprint density at radius 2 is 2.21 bits per heavy atom. The van der Waals surface area contributed by atoms with Crippen LogP contribution in [0.15, 0.2) is 12.4 Å². The van der Waals surface area contributed by atoms with Crippen molar-refractivity contribution < 1.29 is 8.42 Å². The summed E-state index contributed by atoms with van der Waals surface area (Å²) in [6.07, 6.45) is 4.23. The third-order valence-electron chi connectivity index (χ3n) is 2.76. The maximum atomic E-state index is 11.9. The Kier molecular flexibility index (Phi) is 4.26.